The van der Waals surface area contributed by atoms with Gasteiger partial charge in [-0.2, -0.15) is 0 Å². The number of nitro benzene ring substituents is 1. The molecule has 0 radical (unpaired) electrons. The Labute approximate surface area is 227 Å². The molecule has 0 aliphatic carbocycles. The Morgan fingerprint density at radius 3 is 2.58 bits per heavy atom. The molecule has 11 nitrogen and oxygen atoms in total. The number of carbonyl (C=O) groups is 3. The van der Waals surface area contributed by atoms with Crippen LogP contribution in [0.25, 0.3) is 6.08 Å². The molecule has 4 atom stereocenters. The largest absolute Gasteiger partial charge is 0.495 e. The van der Waals surface area contributed by atoms with Gasteiger partial charge in [-0.3, -0.25) is 24.5 Å². The van der Waals surface area contributed by atoms with Crippen molar-refractivity contribution < 1.29 is 33.5 Å². The standard InChI is InChI=1S/C29H21N3O8/c1-38-20-9-7-17(32(36)37)13-19(20)31-28(34)23-24(29(31)35)26(27(33)16-6-8-21-22(12-16)40-14-39-21)30-11-10-15-4-2-3-5-18(15)25(23)30/h2-13,23-26H,14H2,1H3/t23-,24+,25+,26-/m0/s1. The maximum atomic E-state index is 14.2. The van der Waals surface area contributed by atoms with Crippen LogP contribution in [0.4, 0.5) is 11.4 Å². The number of ketones is 1. The highest BCUT2D eigenvalue weighted by Gasteiger charge is 2.65. The molecule has 2 fully saturated rings. The number of imide groups is 1. The molecule has 3 aromatic rings. The maximum Gasteiger partial charge on any atom is 0.271 e. The van der Waals surface area contributed by atoms with E-state index in [-0.39, 0.29) is 29.7 Å². The third-order valence-electron chi connectivity index (χ3n) is 8.00. The first-order valence-electron chi connectivity index (χ1n) is 12.6. The number of hydrogen-bond donors (Lipinski definition) is 0. The Balaban J connectivity index is 1.37. The number of anilines is 1. The van der Waals surface area contributed by atoms with Gasteiger partial charge in [-0.1, -0.05) is 24.3 Å². The van der Waals surface area contributed by atoms with Crippen LogP contribution in [0.15, 0.2) is 66.9 Å². The highest BCUT2D eigenvalue weighted by molar-refractivity contribution is 6.25. The SMILES string of the molecule is COc1ccc([N+](=O)[O-])cc1N1C(=O)[C@@H]2[C@H](C1=O)[C@H]1c3ccccc3C=CN1[C@@H]2C(=O)c1ccc2c(c1)OCO2. The number of nitro groups is 1. The van der Waals surface area contributed by atoms with Gasteiger partial charge in [0.1, 0.15) is 17.5 Å². The van der Waals surface area contributed by atoms with Gasteiger partial charge in [-0.25, -0.2) is 4.90 Å². The zero-order valence-corrected chi connectivity index (χ0v) is 21.1. The number of amides is 2. The van der Waals surface area contributed by atoms with Crippen molar-refractivity contribution in [2.75, 3.05) is 18.8 Å². The predicted octanol–water partition coefficient (Wildman–Crippen LogP) is 3.73. The Morgan fingerprint density at radius 1 is 1.00 bits per heavy atom. The van der Waals surface area contributed by atoms with E-state index >= 15 is 0 Å². The summed E-state index contributed by atoms with van der Waals surface area (Å²) in [7, 11) is 1.35. The molecule has 40 heavy (non-hydrogen) atoms. The highest BCUT2D eigenvalue weighted by atomic mass is 16.7. The number of fused-ring (bicyclic) bond motifs is 6. The summed E-state index contributed by atoms with van der Waals surface area (Å²) in [5, 5.41) is 11.5. The number of carbonyl (C=O) groups excluding carboxylic acids is 3. The number of rotatable bonds is 5. The third kappa shape index (κ3) is 3.27. The van der Waals surface area contributed by atoms with Crippen molar-refractivity contribution in [1.29, 1.82) is 0 Å². The minimum absolute atomic E-state index is 0.0263. The first-order chi connectivity index (χ1) is 19.4. The molecule has 11 heteroatoms. The molecule has 2 amide bonds. The van der Waals surface area contributed by atoms with Crippen LogP contribution in [0.3, 0.4) is 0 Å². The molecule has 4 aliphatic heterocycles. The molecule has 3 aromatic carbocycles. The smallest absolute Gasteiger partial charge is 0.271 e. The average Bonchev–Trinajstić information content (AvgIpc) is 3.65. The third-order valence-corrected chi connectivity index (χ3v) is 8.00. The molecule has 0 saturated carbocycles. The lowest BCUT2D eigenvalue weighted by Crippen LogP contribution is -2.44. The van der Waals surface area contributed by atoms with Crippen LogP contribution in [0, 0.1) is 22.0 Å². The summed E-state index contributed by atoms with van der Waals surface area (Å²) >= 11 is 0. The lowest BCUT2D eigenvalue weighted by Gasteiger charge is -2.35. The first-order valence-corrected chi connectivity index (χ1v) is 12.6. The van der Waals surface area contributed by atoms with Crippen LogP contribution in [0.1, 0.15) is 27.5 Å². The molecule has 4 heterocycles. The summed E-state index contributed by atoms with van der Waals surface area (Å²) in [6.45, 7) is 0.0435. The molecule has 2 saturated heterocycles. The van der Waals surface area contributed by atoms with Crippen LogP contribution in [0.5, 0.6) is 17.2 Å². The molecule has 0 unspecified atom stereocenters. The molecule has 200 valence electrons. The van der Waals surface area contributed by atoms with Gasteiger partial charge in [-0.05, 0) is 41.5 Å². The number of ether oxygens (including phenoxy) is 3. The first kappa shape index (κ1) is 23.9. The second-order valence-electron chi connectivity index (χ2n) is 9.89. The minimum atomic E-state index is -1.05. The van der Waals surface area contributed by atoms with Crippen LogP contribution in [0.2, 0.25) is 0 Å². The summed E-state index contributed by atoms with van der Waals surface area (Å²) in [6.07, 6.45) is 3.63. The fourth-order valence-electron chi connectivity index (χ4n) is 6.28. The van der Waals surface area contributed by atoms with Crippen molar-refractivity contribution in [2.45, 2.75) is 12.1 Å². The zero-order chi connectivity index (χ0) is 27.7. The topological polar surface area (TPSA) is 129 Å². The van der Waals surface area contributed by atoms with Crippen molar-refractivity contribution >= 4 is 35.0 Å². The quantitative estimate of drug-likeness (QED) is 0.206. The van der Waals surface area contributed by atoms with Gasteiger partial charge in [0.2, 0.25) is 18.6 Å². The van der Waals surface area contributed by atoms with Crippen LogP contribution < -0.4 is 19.1 Å². The fourth-order valence-corrected chi connectivity index (χ4v) is 6.28. The second-order valence-corrected chi connectivity index (χ2v) is 9.89. The molecule has 7 rings (SSSR count). The van der Waals surface area contributed by atoms with Gasteiger partial charge in [-0.15, -0.1) is 0 Å². The Bertz CT molecular complexity index is 1670. The maximum absolute atomic E-state index is 14.2. The van der Waals surface area contributed by atoms with E-state index in [0.717, 1.165) is 22.1 Å². The zero-order valence-electron chi connectivity index (χ0n) is 21.1. The number of nitrogens with zero attached hydrogens (tertiary/aromatic N) is 3. The molecule has 0 spiro atoms. The lowest BCUT2D eigenvalue weighted by atomic mass is 9.83. The summed E-state index contributed by atoms with van der Waals surface area (Å²) in [4.78, 5) is 56.1. The molecular formula is C29H21N3O8. The summed E-state index contributed by atoms with van der Waals surface area (Å²) < 4.78 is 16.2. The number of hydrogen-bond acceptors (Lipinski definition) is 9. The second kappa shape index (κ2) is 8.67. The van der Waals surface area contributed by atoms with Crippen LogP contribution in [-0.2, 0) is 9.59 Å². The van der Waals surface area contributed by atoms with E-state index < -0.39 is 40.7 Å². The van der Waals surface area contributed by atoms with Gasteiger partial charge < -0.3 is 19.1 Å². The van der Waals surface area contributed by atoms with Crippen molar-refractivity contribution in [3.05, 3.63) is 93.7 Å². The highest BCUT2D eigenvalue weighted by Crippen LogP contribution is 2.54. The van der Waals surface area contributed by atoms with E-state index in [4.69, 9.17) is 14.2 Å². The van der Waals surface area contributed by atoms with Gasteiger partial charge in [0.15, 0.2) is 17.3 Å². The van der Waals surface area contributed by atoms with Crippen LogP contribution >= 0.6 is 0 Å². The Morgan fingerprint density at radius 2 is 1.77 bits per heavy atom. The molecule has 0 N–H and O–H groups in total. The number of non-ortho nitro benzene ring substituents is 1. The average molecular weight is 540 g/mol. The van der Waals surface area contributed by atoms with E-state index in [1.807, 2.05) is 30.3 Å². The lowest BCUT2D eigenvalue weighted by molar-refractivity contribution is -0.384. The van der Waals surface area contributed by atoms with Crippen LogP contribution in [-0.4, -0.2) is 47.4 Å². The number of benzene rings is 3. The molecular weight excluding hydrogens is 518 g/mol. The van der Waals surface area contributed by atoms with Gasteiger partial charge in [0, 0.05) is 23.9 Å². The van der Waals surface area contributed by atoms with Crippen molar-refractivity contribution in [1.82, 2.24) is 4.90 Å². The van der Waals surface area contributed by atoms with Crippen molar-refractivity contribution in [3.63, 3.8) is 0 Å². The summed E-state index contributed by atoms with van der Waals surface area (Å²) in [6, 6.07) is 14.5. The summed E-state index contributed by atoms with van der Waals surface area (Å²) in [5.74, 6) is -2.40. The fraction of sp³-hybridized carbons (Fsp3) is 0.207. The van der Waals surface area contributed by atoms with Gasteiger partial charge in [0.05, 0.1) is 29.9 Å². The monoisotopic (exact) mass is 539 g/mol. The Kier molecular flexibility index (Phi) is 5.18. The van der Waals surface area contributed by atoms with E-state index in [1.54, 1.807) is 29.3 Å². The van der Waals surface area contributed by atoms with E-state index in [1.165, 1.54) is 19.2 Å². The molecule has 0 bridgehead atoms. The number of Topliss-reactive ketones (excluding diaryl/α,β-unsaturated/α-hetero) is 1. The molecule has 4 aliphatic rings. The van der Waals surface area contributed by atoms with Gasteiger partial charge >= 0.3 is 0 Å². The van der Waals surface area contributed by atoms with E-state index in [0.29, 0.717) is 17.1 Å². The Hall–Kier alpha value is -5.19. The van der Waals surface area contributed by atoms with Gasteiger partial charge in [0.25, 0.3) is 5.69 Å². The minimum Gasteiger partial charge on any atom is -0.495 e. The van der Waals surface area contributed by atoms with Crippen molar-refractivity contribution in [3.8, 4) is 17.2 Å². The summed E-state index contributed by atoms with van der Waals surface area (Å²) in [5.41, 5.74) is 1.68. The van der Waals surface area contributed by atoms with Crippen molar-refractivity contribution in [2.24, 2.45) is 11.8 Å². The normalized spacial score (nSPS) is 23.6. The predicted molar refractivity (Wildman–Crippen MR) is 140 cm³/mol. The van der Waals surface area contributed by atoms with E-state index in [9.17, 15) is 24.5 Å². The van der Waals surface area contributed by atoms with E-state index in [2.05, 4.69) is 0 Å². The number of methoxy groups -OCH3 is 1. The molecule has 0 aromatic heterocycles.